The molecule has 3 N–H and O–H groups in total. The zero-order valence-corrected chi connectivity index (χ0v) is 13.2. The van der Waals surface area contributed by atoms with Crippen molar-refractivity contribution in [1.29, 1.82) is 0 Å². The molecule has 2 heterocycles. The fraction of sp³-hybridized carbons (Fsp3) is 0. The van der Waals surface area contributed by atoms with Crippen LogP contribution in [0.3, 0.4) is 0 Å². The highest BCUT2D eigenvalue weighted by molar-refractivity contribution is 7.15. The molecule has 2 aromatic heterocycles. The van der Waals surface area contributed by atoms with Crippen molar-refractivity contribution in [2.75, 3.05) is 11.1 Å². The summed E-state index contributed by atoms with van der Waals surface area (Å²) in [5, 5.41) is 4.69. The molecule has 1 amide bonds. The zero-order chi connectivity index (χ0) is 15.9. The Morgan fingerprint density at radius 1 is 1.32 bits per heavy atom. The maximum Gasteiger partial charge on any atom is 0.271 e. The van der Waals surface area contributed by atoms with Crippen molar-refractivity contribution in [2.24, 2.45) is 0 Å². The van der Waals surface area contributed by atoms with E-state index in [1.807, 2.05) is 0 Å². The molecule has 0 spiro atoms. The Bertz CT molecular complexity index is 928. The highest BCUT2D eigenvalue weighted by atomic mass is 35.5. The molecular weight excluding hydrogens is 347 g/mol. The van der Waals surface area contributed by atoms with E-state index in [0.29, 0.717) is 10.6 Å². The molecule has 22 heavy (non-hydrogen) atoms. The third-order valence-corrected chi connectivity index (χ3v) is 4.32. The number of carbonyl (C=O) groups is 1. The number of nitrogens with zero attached hydrogens (tertiary/aromatic N) is 2. The first-order chi connectivity index (χ1) is 10.5. The van der Waals surface area contributed by atoms with Crippen molar-refractivity contribution < 1.29 is 4.79 Å². The zero-order valence-electron chi connectivity index (χ0n) is 10.8. The largest absolute Gasteiger partial charge is 0.396 e. The summed E-state index contributed by atoms with van der Waals surface area (Å²) in [6.07, 6.45) is 2.80. The monoisotopic (exact) mass is 354 g/mol. The molecule has 0 saturated carbocycles. The number of benzene rings is 1. The number of aromatic nitrogens is 2. The molecule has 1 aromatic carbocycles. The molecule has 0 aliphatic carbocycles. The number of anilines is 2. The minimum absolute atomic E-state index is 0.0834. The summed E-state index contributed by atoms with van der Waals surface area (Å²) in [7, 11) is 0. The summed E-state index contributed by atoms with van der Waals surface area (Å²) in [6.45, 7) is 0. The van der Waals surface area contributed by atoms with Crippen LogP contribution in [0.4, 0.5) is 11.4 Å². The van der Waals surface area contributed by atoms with Crippen LogP contribution < -0.4 is 16.6 Å². The Kier molecular flexibility index (Phi) is 3.78. The Hall–Kier alpha value is -2.09. The number of hydrogen-bond donors (Lipinski definition) is 2. The van der Waals surface area contributed by atoms with Gasteiger partial charge in [0.25, 0.3) is 11.5 Å². The number of nitrogens with two attached hydrogens (primary N) is 1. The van der Waals surface area contributed by atoms with E-state index in [2.05, 4.69) is 10.3 Å². The SMILES string of the molecule is Nc1c(Cl)cc(NC(=O)c2cnc3sccn3c2=O)cc1Cl. The molecule has 9 heteroatoms. The van der Waals surface area contributed by atoms with Crippen LogP contribution in [0.2, 0.25) is 10.0 Å². The first-order valence-corrected chi connectivity index (χ1v) is 7.61. The quantitative estimate of drug-likeness (QED) is 0.692. The van der Waals surface area contributed by atoms with Gasteiger partial charge in [0.05, 0.1) is 15.7 Å². The van der Waals surface area contributed by atoms with Crippen molar-refractivity contribution in [3.05, 3.63) is 55.9 Å². The van der Waals surface area contributed by atoms with Gasteiger partial charge in [-0.15, -0.1) is 11.3 Å². The summed E-state index contributed by atoms with van der Waals surface area (Å²) < 4.78 is 1.31. The normalized spacial score (nSPS) is 10.8. The predicted octanol–water partition coefficient (Wildman–Crippen LogP) is 2.90. The molecule has 0 unspecified atom stereocenters. The van der Waals surface area contributed by atoms with E-state index >= 15 is 0 Å². The lowest BCUT2D eigenvalue weighted by atomic mass is 10.2. The first kappa shape index (κ1) is 14.8. The number of halogens is 2. The smallest absolute Gasteiger partial charge is 0.271 e. The average Bonchev–Trinajstić information content (AvgIpc) is 2.94. The van der Waals surface area contributed by atoms with Gasteiger partial charge in [-0.2, -0.15) is 0 Å². The second-order valence-corrected chi connectivity index (χ2v) is 6.03. The molecule has 0 aliphatic rings. The van der Waals surface area contributed by atoms with Crippen LogP contribution in [0.5, 0.6) is 0 Å². The van der Waals surface area contributed by atoms with Crippen molar-refractivity contribution in [1.82, 2.24) is 9.38 Å². The Labute approximate surface area is 138 Å². The molecule has 0 atom stereocenters. The molecular formula is C13H8Cl2N4O2S. The van der Waals surface area contributed by atoms with Gasteiger partial charge in [-0.05, 0) is 12.1 Å². The summed E-state index contributed by atoms with van der Waals surface area (Å²) in [5.74, 6) is -0.602. The third-order valence-electron chi connectivity index (χ3n) is 2.92. The van der Waals surface area contributed by atoms with Gasteiger partial charge < -0.3 is 11.1 Å². The van der Waals surface area contributed by atoms with E-state index in [4.69, 9.17) is 28.9 Å². The maximum atomic E-state index is 12.2. The number of fused-ring (bicyclic) bond motifs is 1. The fourth-order valence-electron chi connectivity index (χ4n) is 1.84. The minimum Gasteiger partial charge on any atom is -0.396 e. The van der Waals surface area contributed by atoms with Gasteiger partial charge in [0.15, 0.2) is 4.96 Å². The molecule has 0 saturated heterocycles. The van der Waals surface area contributed by atoms with Crippen LogP contribution in [-0.2, 0) is 0 Å². The van der Waals surface area contributed by atoms with Gasteiger partial charge in [-0.1, -0.05) is 23.2 Å². The predicted molar refractivity (Wildman–Crippen MR) is 88.2 cm³/mol. The number of nitrogens with one attached hydrogen (secondary N) is 1. The summed E-state index contributed by atoms with van der Waals surface area (Å²) >= 11 is 13.1. The topological polar surface area (TPSA) is 89.5 Å². The number of amides is 1. The van der Waals surface area contributed by atoms with Crippen molar-refractivity contribution in [3.63, 3.8) is 0 Å². The van der Waals surface area contributed by atoms with Gasteiger partial charge in [0.2, 0.25) is 0 Å². The highest BCUT2D eigenvalue weighted by Gasteiger charge is 2.15. The third kappa shape index (κ3) is 2.54. The minimum atomic E-state index is -0.602. The Morgan fingerprint density at radius 3 is 2.68 bits per heavy atom. The van der Waals surface area contributed by atoms with E-state index in [1.165, 1.54) is 34.1 Å². The molecule has 3 rings (SSSR count). The number of rotatable bonds is 2. The number of thiazole rings is 1. The molecule has 0 radical (unpaired) electrons. The summed E-state index contributed by atoms with van der Waals surface area (Å²) in [4.78, 5) is 29.0. The molecule has 6 nitrogen and oxygen atoms in total. The Morgan fingerprint density at radius 2 is 2.00 bits per heavy atom. The maximum absolute atomic E-state index is 12.2. The lowest BCUT2D eigenvalue weighted by molar-refractivity contribution is 0.102. The van der Waals surface area contributed by atoms with Gasteiger partial charge in [-0.25, -0.2) is 4.98 Å². The molecule has 112 valence electrons. The van der Waals surface area contributed by atoms with Crippen molar-refractivity contribution in [3.8, 4) is 0 Å². The van der Waals surface area contributed by atoms with E-state index in [-0.39, 0.29) is 21.3 Å². The number of hydrogen-bond acceptors (Lipinski definition) is 5. The number of carbonyl (C=O) groups excluding carboxylic acids is 1. The highest BCUT2D eigenvalue weighted by Crippen LogP contribution is 2.31. The van der Waals surface area contributed by atoms with Gasteiger partial charge in [-0.3, -0.25) is 14.0 Å². The first-order valence-electron chi connectivity index (χ1n) is 5.98. The molecule has 0 aliphatic heterocycles. The molecule has 0 bridgehead atoms. The summed E-state index contributed by atoms with van der Waals surface area (Å²) in [6, 6.07) is 2.91. The van der Waals surface area contributed by atoms with Gasteiger partial charge in [0, 0.05) is 23.5 Å². The van der Waals surface area contributed by atoms with Crippen LogP contribution in [0.25, 0.3) is 4.96 Å². The lowest BCUT2D eigenvalue weighted by Gasteiger charge is -2.08. The van der Waals surface area contributed by atoms with Gasteiger partial charge in [0.1, 0.15) is 5.56 Å². The second kappa shape index (κ2) is 5.60. The van der Waals surface area contributed by atoms with Crippen molar-refractivity contribution in [2.45, 2.75) is 0 Å². The molecule has 0 fully saturated rings. The summed E-state index contributed by atoms with van der Waals surface area (Å²) in [5.41, 5.74) is 5.66. The lowest BCUT2D eigenvalue weighted by Crippen LogP contribution is -2.25. The number of nitrogen functional groups attached to an aromatic ring is 1. The van der Waals surface area contributed by atoms with Crippen LogP contribution >= 0.6 is 34.5 Å². The van der Waals surface area contributed by atoms with Crippen LogP contribution in [-0.4, -0.2) is 15.3 Å². The van der Waals surface area contributed by atoms with Crippen LogP contribution in [0, 0.1) is 0 Å². The van der Waals surface area contributed by atoms with E-state index in [9.17, 15) is 9.59 Å². The van der Waals surface area contributed by atoms with Crippen LogP contribution in [0.15, 0.2) is 34.7 Å². The van der Waals surface area contributed by atoms with E-state index in [1.54, 1.807) is 11.6 Å². The van der Waals surface area contributed by atoms with Crippen LogP contribution in [0.1, 0.15) is 10.4 Å². The fourth-order valence-corrected chi connectivity index (χ4v) is 3.00. The van der Waals surface area contributed by atoms with Gasteiger partial charge >= 0.3 is 0 Å². The van der Waals surface area contributed by atoms with E-state index < -0.39 is 11.5 Å². The molecule has 3 aromatic rings. The van der Waals surface area contributed by atoms with E-state index in [0.717, 1.165) is 0 Å². The Balaban J connectivity index is 1.97. The average molecular weight is 355 g/mol. The standard InChI is InChI=1S/C13H8Cl2N4O2S/c14-8-3-6(4-9(15)10(8)16)18-11(20)7-5-17-13-19(12(7)21)1-2-22-13/h1-5H,16H2,(H,18,20). The van der Waals surface area contributed by atoms with Crippen molar-refractivity contribution >= 4 is 56.8 Å². The second-order valence-electron chi connectivity index (χ2n) is 4.34.